The van der Waals surface area contributed by atoms with Gasteiger partial charge in [-0.15, -0.1) is 0 Å². The SMILES string of the molecule is C[B]Cc1ccc2c(c1)CCc1ccccc1C=C2. The number of hydrogen-bond donors (Lipinski definition) is 0. The average Bonchev–Trinajstić information content (AvgIpc) is 2.42. The van der Waals surface area contributed by atoms with E-state index < -0.39 is 0 Å². The molecular weight excluding hydrogens is 227 g/mol. The van der Waals surface area contributed by atoms with Gasteiger partial charge in [-0.2, -0.15) is 0 Å². The predicted molar refractivity (Wildman–Crippen MR) is 84.5 cm³/mol. The lowest BCUT2D eigenvalue weighted by Crippen LogP contribution is -2.01. The van der Waals surface area contributed by atoms with E-state index >= 15 is 0 Å². The smallest absolute Gasteiger partial charge is 0.0917 e. The van der Waals surface area contributed by atoms with E-state index in [0.29, 0.717) is 0 Å². The van der Waals surface area contributed by atoms with Crippen molar-refractivity contribution in [2.75, 3.05) is 0 Å². The third-order valence-corrected chi connectivity index (χ3v) is 3.81. The van der Waals surface area contributed by atoms with Crippen molar-refractivity contribution < 1.29 is 0 Å². The lowest BCUT2D eigenvalue weighted by Gasteiger charge is -2.14. The minimum Gasteiger partial charge on any atom is -0.0917 e. The topological polar surface area (TPSA) is 0 Å². The van der Waals surface area contributed by atoms with Crippen LogP contribution >= 0.6 is 0 Å². The Labute approximate surface area is 116 Å². The quantitative estimate of drug-likeness (QED) is 0.695. The molecular formula is C18H18B. The Kier molecular flexibility index (Phi) is 3.54. The van der Waals surface area contributed by atoms with Crippen molar-refractivity contribution in [1.82, 2.24) is 0 Å². The number of rotatable bonds is 2. The van der Waals surface area contributed by atoms with Gasteiger partial charge in [-0.3, -0.25) is 0 Å². The summed E-state index contributed by atoms with van der Waals surface area (Å²) in [5, 5.41) is 0. The summed E-state index contributed by atoms with van der Waals surface area (Å²) in [5.41, 5.74) is 7.08. The molecule has 0 unspecified atom stereocenters. The minimum atomic E-state index is 1.06. The molecule has 3 rings (SSSR count). The van der Waals surface area contributed by atoms with Gasteiger partial charge < -0.3 is 0 Å². The summed E-state index contributed by atoms with van der Waals surface area (Å²) in [5.74, 6) is 0. The molecule has 1 aliphatic rings. The van der Waals surface area contributed by atoms with Crippen LogP contribution in [0.3, 0.4) is 0 Å². The number of fused-ring (bicyclic) bond motifs is 2. The highest BCUT2D eigenvalue weighted by Gasteiger charge is 2.07. The summed E-state index contributed by atoms with van der Waals surface area (Å²) in [6.45, 7) is 2.12. The molecule has 0 spiro atoms. The van der Waals surface area contributed by atoms with Gasteiger partial charge in [0.1, 0.15) is 7.28 Å². The van der Waals surface area contributed by atoms with E-state index in [9.17, 15) is 0 Å². The van der Waals surface area contributed by atoms with Crippen molar-refractivity contribution in [2.45, 2.75) is 26.0 Å². The summed E-state index contributed by atoms with van der Waals surface area (Å²) >= 11 is 0. The Bertz CT molecular complexity index is 611. The zero-order valence-electron chi connectivity index (χ0n) is 11.4. The van der Waals surface area contributed by atoms with Gasteiger partial charge in [-0.05, 0) is 35.1 Å². The van der Waals surface area contributed by atoms with Crippen LogP contribution < -0.4 is 0 Å². The van der Waals surface area contributed by atoms with Crippen molar-refractivity contribution in [1.29, 1.82) is 0 Å². The van der Waals surface area contributed by atoms with Crippen LogP contribution in [-0.4, -0.2) is 7.28 Å². The Morgan fingerprint density at radius 2 is 1.63 bits per heavy atom. The van der Waals surface area contributed by atoms with Gasteiger partial charge in [0.2, 0.25) is 0 Å². The van der Waals surface area contributed by atoms with Crippen LogP contribution in [0.25, 0.3) is 12.2 Å². The third-order valence-electron chi connectivity index (χ3n) is 3.81. The molecule has 0 saturated heterocycles. The summed E-state index contributed by atoms with van der Waals surface area (Å²) in [7, 11) is 2.22. The van der Waals surface area contributed by atoms with Gasteiger partial charge >= 0.3 is 0 Å². The molecule has 93 valence electrons. The lowest BCUT2D eigenvalue weighted by molar-refractivity contribution is 0.949. The molecule has 2 aromatic rings. The Morgan fingerprint density at radius 1 is 0.895 bits per heavy atom. The first-order valence-corrected chi connectivity index (χ1v) is 7.02. The zero-order chi connectivity index (χ0) is 13.1. The highest BCUT2D eigenvalue weighted by Crippen LogP contribution is 2.23. The van der Waals surface area contributed by atoms with Crippen LogP contribution in [-0.2, 0) is 19.2 Å². The fraction of sp³-hybridized carbons (Fsp3) is 0.222. The predicted octanol–water partition coefficient (Wildman–Crippen LogP) is 4.21. The molecule has 19 heavy (non-hydrogen) atoms. The maximum Gasteiger partial charge on any atom is 0.111 e. The minimum absolute atomic E-state index is 1.06. The molecule has 0 saturated carbocycles. The second-order valence-corrected chi connectivity index (χ2v) is 5.18. The summed E-state index contributed by atoms with van der Waals surface area (Å²) in [6, 6.07) is 15.6. The highest BCUT2D eigenvalue weighted by molar-refractivity contribution is 6.32. The molecule has 0 heterocycles. The molecule has 0 aromatic heterocycles. The summed E-state index contributed by atoms with van der Waals surface area (Å²) < 4.78 is 0. The lowest BCUT2D eigenvalue weighted by atomic mass is 9.74. The van der Waals surface area contributed by atoms with E-state index in [1.165, 1.54) is 27.8 Å². The normalized spacial score (nSPS) is 13.1. The van der Waals surface area contributed by atoms with Gasteiger partial charge in [0.15, 0.2) is 0 Å². The van der Waals surface area contributed by atoms with Gasteiger partial charge in [0.25, 0.3) is 0 Å². The molecule has 0 bridgehead atoms. The third kappa shape index (κ3) is 2.65. The van der Waals surface area contributed by atoms with Crippen LogP contribution in [0.2, 0.25) is 6.82 Å². The van der Waals surface area contributed by atoms with E-state index in [-0.39, 0.29) is 0 Å². The molecule has 1 radical (unpaired) electrons. The Balaban J connectivity index is 1.99. The second kappa shape index (κ2) is 5.48. The van der Waals surface area contributed by atoms with E-state index in [1.807, 2.05) is 0 Å². The summed E-state index contributed by atoms with van der Waals surface area (Å²) in [4.78, 5) is 0. The average molecular weight is 245 g/mol. The Hall–Kier alpha value is -1.76. The zero-order valence-corrected chi connectivity index (χ0v) is 11.4. The number of hydrogen-bond acceptors (Lipinski definition) is 0. The maximum atomic E-state index is 2.37. The van der Waals surface area contributed by atoms with Crippen LogP contribution in [0.4, 0.5) is 0 Å². The van der Waals surface area contributed by atoms with Crippen molar-refractivity contribution in [3.63, 3.8) is 0 Å². The first-order valence-electron chi connectivity index (χ1n) is 7.02. The highest BCUT2D eigenvalue weighted by atomic mass is 14.1. The molecule has 0 N–H and O–H groups in total. The van der Waals surface area contributed by atoms with Gasteiger partial charge in [0.05, 0.1) is 0 Å². The molecule has 0 nitrogen and oxygen atoms in total. The number of benzene rings is 2. The fourth-order valence-electron chi connectivity index (χ4n) is 2.77. The van der Waals surface area contributed by atoms with Crippen LogP contribution in [0.15, 0.2) is 42.5 Å². The molecule has 0 atom stereocenters. The van der Waals surface area contributed by atoms with Crippen molar-refractivity contribution >= 4 is 19.4 Å². The van der Waals surface area contributed by atoms with Crippen LogP contribution in [0.1, 0.15) is 27.8 Å². The van der Waals surface area contributed by atoms with E-state index in [1.54, 1.807) is 0 Å². The van der Waals surface area contributed by atoms with Gasteiger partial charge in [-0.1, -0.05) is 73.3 Å². The molecule has 1 heteroatoms. The monoisotopic (exact) mass is 245 g/mol. The van der Waals surface area contributed by atoms with E-state index in [2.05, 4.69) is 68.7 Å². The first-order chi connectivity index (χ1) is 9.36. The van der Waals surface area contributed by atoms with Crippen LogP contribution in [0.5, 0.6) is 0 Å². The van der Waals surface area contributed by atoms with Crippen molar-refractivity contribution in [3.05, 3.63) is 70.3 Å². The Morgan fingerprint density at radius 3 is 2.47 bits per heavy atom. The van der Waals surface area contributed by atoms with Crippen molar-refractivity contribution in [3.8, 4) is 0 Å². The van der Waals surface area contributed by atoms with E-state index in [4.69, 9.17) is 0 Å². The molecule has 1 aliphatic carbocycles. The molecule has 2 aromatic carbocycles. The fourth-order valence-corrected chi connectivity index (χ4v) is 2.77. The van der Waals surface area contributed by atoms with Gasteiger partial charge in [-0.25, -0.2) is 0 Å². The standard InChI is InChI=1S/C18H18B/c1-19-13-14-6-7-17-9-8-15-4-2-3-5-16(15)10-11-18(17)12-14/h2-9,12H,10-11,13H2,1H3. The first kappa shape index (κ1) is 12.3. The van der Waals surface area contributed by atoms with E-state index in [0.717, 1.165) is 19.2 Å². The number of aryl methyl sites for hydroxylation is 2. The molecule has 0 aliphatic heterocycles. The molecule has 0 fully saturated rings. The van der Waals surface area contributed by atoms with Gasteiger partial charge in [0, 0.05) is 0 Å². The second-order valence-electron chi connectivity index (χ2n) is 5.18. The maximum absolute atomic E-state index is 2.37. The summed E-state index contributed by atoms with van der Waals surface area (Å²) in [6.07, 6.45) is 7.83. The molecule has 0 amide bonds. The van der Waals surface area contributed by atoms with Crippen LogP contribution in [0, 0.1) is 0 Å². The van der Waals surface area contributed by atoms with Crippen molar-refractivity contribution in [2.24, 2.45) is 0 Å². The largest absolute Gasteiger partial charge is 0.111 e.